The molecule has 0 bridgehead atoms. The molecular formula is C18H15FeNO2. The van der Waals surface area contributed by atoms with E-state index in [1.54, 1.807) is 30.5 Å². The van der Waals surface area contributed by atoms with Crippen molar-refractivity contribution in [2.45, 2.75) is 0 Å². The maximum atomic E-state index is 10.6. The number of carbonyl (C=O) groups is 1. The topological polar surface area (TPSA) is 49.7 Å². The number of benzene rings is 1. The average molecular weight is 333 g/mol. The number of nitrogens with zero attached hydrogens (tertiary/aromatic N) is 1. The van der Waals surface area contributed by atoms with E-state index in [4.69, 9.17) is 5.11 Å². The summed E-state index contributed by atoms with van der Waals surface area (Å²) >= 11 is 0. The van der Waals surface area contributed by atoms with Gasteiger partial charge in [-0.25, -0.2) is 16.9 Å². The number of carboxylic acids is 1. The molecule has 0 saturated carbocycles. The molecule has 0 spiro atoms. The molecule has 0 unspecified atom stereocenters. The molecule has 0 fully saturated rings. The molecule has 0 saturated heterocycles. The summed E-state index contributed by atoms with van der Waals surface area (Å²) in [4.78, 5) is 14.8. The van der Waals surface area contributed by atoms with Crippen LogP contribution < -0.4 is 0 Å². The smallest absolute Gasteiger partial charge is 0.478 e. The predicted octanol–water partition coefficient (Wildman–Crippen LogP) is 4.26. The Bertz CT molecular complexity index is 651. The number of hydrogen-bond acceptors (Lipinski definition) is 2. The number of carboxylic acid groups (broad SMARTS) is 1. The third kappa shape index (κ3) is 5.92. The van der Waals surface area contributed by atoms with Gasteiger partial charge in [0.25, 0.3) is 0 Å². The Morgan fingerprint density at radius 2 is 1.68 bits per heavy atom. The van der Waals surface area contributed by atoms with Gasteiger partial charge < -0.3 is 10.1 Å². The standard InChI is InChI=1S/C13H10NO2.C5H5.Fe/c15-13(16)11-5-7-12(8-6-11)14-9-10-3-1-2-4-10;1-2-4-5-3-1;/h1-9H,(H,15,16);1-5H;/q2*-1;+2. The Hall–Kier alpha value is -2.42. The predicted molar refractivity (Wildman–Crippen MR) is 84.7 cm³/mol. The molecule has 0 radical (unpaired) electrons. The summed E-state index contributed by atoms with van der Waals surface area (Å²) in [5.41, 5.74) is 2.04. The van der Waals surface area contributed by atoms with Gasteiger partial charge in [-0.15, -0.1) is 11.6 Å². The number of hydrogen-bond donors (Lipinski definition) is 1. The van der Waals surface area contributed by atoms with Gasteiger partial charge in [0.05, 0.1) is 11.3 Å². The minimum absolute atomic E-state index is 0. The van der Waals surface area contributed by atoms with E-state index >= 15 is 0 Å². The zero-order chi connectivity index (χ0) is 14.9. The van der Waals surface area contributed by atoms with Gasteiger partial charge in [-0.2, -0.15) is 36.4 Å². The molecule has 0 aliphatic carbocycles. The Balaban J connectivity index is 0.000000344. The monoisotopic (exact) mass is 333 g/mol. The SMILES string of the molecule is O=C(O)c1ccc(N=Cc2ccc[cH-]2)cc1.[Fe+2].c1cc[cH-]c1. The Kier molecular flexibility index (Phi) is 7.62. The molecule has 3 aromatic rings. The summed E-state index contributed by atoms with van der Waals surface area (Å²) in [7, 11) is 0. The van der Waals surface area contributed by atoms with Crippen LogP contribution in [-0.2, 0) is 17.1 Å². The first-order valence-electron chi connectivity index (χ1n) is 6.51. The minimum Gasteiger partial charge on any atom is -0.478 e. The molecule has 0 aliphatic rings. The summed E-state index contributed by atoms with van der Waals surface area (Å²) < 4.78 is 0. The summed E-state index contributed by atoms with van der Waals surface area (Å²) in [6.07, 6.45) is 1.75. The van der Waals surface area contributed by atoms with E-state index in [1.807, 2.05) is 54.6 Å². The Morgan fingerprint density at radius 1 is 1.00 bits per heavy atom. The first-order chi connectivity index (χ1) is 10.3. The molecule has 4 heteroatoms. The summed E-state index contributed by atoms with van der Waals surface area (Å²) in [6, 6.07) is 24.2. The maximum absolute atomic E-state index is 10.6. The van der Waals surface area contributed by atoms with Crippen molar-refractivity contribution in [3.63, 3.8) is 0 Å². The van der Waals surface area contributed by atoms with Gasteiger partial charge in [-0.05, 0) is 30.5 Å². The van der Waals surface area contributed by atoms with Crippen LogP contribution in [0.1, 0.15) is 15.9 Å². The van der Waals surface area contributed by atoms with Crippen molar-refractivity contribution in [3.05, 3.63) is 90.0 Å². The average Bonchev–Trinajstić information content (AvgIpc) is 3.21. The Morgan fingerprint density at radius 3 is 2.14 bits per heavy atom. The van der Waals surface area contributed by atoms with E-state index in [-0.39, 0.29) is 22.6 Å². The van der Waals surface area contributed by atoms with Gasteiger partial charge >= 0.3 is 23.0 Å². The minimum atomic E-state index is -0.924. The zero-order valence-corrected chi connectivity index (χ0v) is 12.8. The van der Waals surface area contributed by atoms with Crippen LogP contribution in [0.2, 0.25) is 0 Å². The second-order valence-electron chi connectivity index (χ2n) is 4.29. The van der Waals surface area contributed by atoms with Crippen LogP contribution >= 0.6 is 0 Å². The summed E-state index contributed by atoms with van der Waals surface area (Å²) in [5, 5.41) is 8.72. The number of aromatic carboxylic acids is 1. The first-order valence-corrected chi connectivity index (χ1v) is 6.51. The van der Waals surface area contributed by atoms with Crippen LogP contribution in [0, 0.1) is 0 Å². The van der Waals surface area contributed by atoms with Crippen molar-refractivity contribution in [1.29, 1.82) is 0 Å². The van der Waals surface area contributed by atoms with Crippen molar-refractivity contribution in [1.82, 2.24) is 0 Å². The van der Waals surface area contributed by atoms with Crippen LogP contribution in [0.5, 0.6) is 0 Å². The fourth-order valence-electron chi connectivity index (χ4n) is 1.63. The zero-order valence-electron chi connectivity index (χ0n) is 11.7. The molecule has 3 rings (SSSR count). The third-order valence-electron chi connectivity index (χ3n) is 2.72. The molecule has 0 heterocycles. The van der Waals surface area contributed by atoms with Gasteiger partial charge in [0.2, 0.25) is 0 Å². The molecule has 1 N–H and O–H groups in total. The second-order valence-corrected chi connectivity index (χ2v) is 4.29. The van der Waals surface area contributed by atoms with E-state index < -0.39 is 5.97 Å². The van der Waals surface area contributed by atoms with Crippen molar-refractivity contribution in [2.75, 3.05) is 0 Å². The van der Waals surface area contributed by atoms with Crippen LogP contribution in [0.15, 0.2) is 83.9 Å². The van der Waals surface area contributed by atoms with E-state index in [1.165, 1.54) is 0 Å². The quantitative estimate of drug-likeness (QED) is 0.442. The molecule has 3 nitrogen and oxygen atoms in total. The van der Waals surface area contributed by atoms with Crippen molar-refractivity contribution in [3.8, 4) is 0 Å². The molecule has 0 aromatic heterocycles. The third-order valence-corrected chi connectivity index (χ3v) is 2.72. The van der Waals surface area contributed by atoms with Gasteiger partial charge in [0.1, 0.15) is 0 Å². The fraction of sp³-hybridized carbons (Fsp3) is 0. The largest absolute Gasteiger partial charge is 2.00 e. The second kappa shape index (κ2) is 9.50. The molecule has 3 aromatic carbocycles. The van der Waals surface area contributed by atoms with Crippen molar-refractivity contribution >= 4 is 17.9 Å². The molecule has 112 valence electrons. The van der Waals surface area contributed by atoms with E-state index in [0.29, 0.717) is 0 Å². The van der Waals surface area contributed by atoms with Gasteiger partial charge in [0, 0.05) is 0 Å². The molecular weight excluding hydrogens is 318 g/mol. The van der Waals surface area contributed by atoms with Crippen LogP contribution in [0.4, 0.5) is 5.69 Å². The van der Waals surface area contributed by atoms with Crippen LogP contribution in [-0.4, -0.2) is 17.3 Å². The van der Waals surface area contributed by atoms with Gasteiger partial charge in [-0.3, -0.25) is 0 Å². The van der Waals surface area contributed by atoms with Gasteiger partial charge in [0.15, 0.2) is 0 Å². The number of rotatable bonds is 3. The first kappa shape index (κ1) is 17.6. The maximum Gasteiger partial charge on any atom is 2.00 e. The number of aliphatic imine (C=N–C) groups is 1. The summed E-state index contributed by atoms with van der Waals surface area (Å²) in [6.45, 7) is 0. The molecule has 0 aliphatic heterocycles. The van der Waals surface area contributed by atoms with Crippen LogP contribution in [0.25, 0.3) is 0 Å². The molecule has 0 atom stereocenters. The van der Waals surface area contributed by atoms with E-state index in [2.05, 4.69) is 4.99 Å². The van der Waals surface area contributed by atoms with Crippen molar-refractivity contribution < 1.29 is 27.0 Å². The van der Waals surface area contributed by atoms with E-state index in [9.17, 15) is 4.79 Å². The summed E-state index contributed by atoms with van der Waals surface area (Å²) in [5.74, 6) is -0.924. The normalized spacial score (nSPS) is 9.64. The van der Waals surface area contributed by atoms with Crippen LogP contribution in [0.3, 0.4) is 0 Å². The molecule has 0 amide bonds. The molecule has 22 heavy (non-hydrogen) atoms. The fourth-order valence-corrected chi connectivity index (χ4v) is 1.63. The Labute approximate surface area is 140 Å². The van der Waals surface area contributed by atoms with Crippen molar-refractivity contribution in [2.24, 2.45) is 4.99 Å². The van der Waals surface area contributed by atoms with E-state index in [0.717, 1.165) is 11.3 Å². The van der Waals surface area contributed by atoms with Gasteiger partial charge in [-0.1, -0.05) is 0 Å².